The number of nitrogens with two attached hydrogens (primary N) is 1. The van der Waals surface area contributed by atoms with Crippen LogP contribution in [0.5, 0.6) is 0 Å². The maximum atomic E-state index is 11.7. The molecule has 0 unspecified atom stereocenters. The molecule has 1 aromatic heterocycles. The van der Waals surface area contributed by atoms with E-state index < -0.39 is 0 Å². The van der Waals surface area contributed by atoms with E-state index in [-0.39, 0.29) is 11.8 Å². The number of ketones is 1. The van der Waals surface area contributed by atoms with Crippen molar-refractivity contribution in [2.24, 2.45) is 5.73 Å². The molecular formula is C9H14BrN3O. The van der Waals surface area contributed by atoms with E-state index >= 15 is 0 Å². The summed E-state index contributed by atoms with van der Waals surface area (Å²) in [7, 11) is 0. The zero-order valence-corrected chi connectivity index (χ0v) is 9.91. The van der Waals surface area contributed by atoms with Crippen LogP contribution in [0.1, 0.15) is 36.8 Å². The third-order valence-electron chi connectivity index (χ3n) is 1.88. The molecular weight excluding hydrogens is 246 g/mol. The molecule has 0 bridgehead atoms. The van der Waals surface area contributed by atoms with Gasteiger partial charge >= 0.3 is 0 Å². The first-order valence-electron chi connectivity index (χ1n) is 4.54. The van der Waals surface area contributed by atoms with Crippen molar-refractivity contribution in [2.75, 3.05) is 6.54 Å². The van der Waals surface area contributed by atoms with E-state index in [4.69, 9.17) is 5.73 Å². The lowest BCUT2D eigenvalue weighted by atomic mass is 10.2. The fourth-order valence-corrected chi connectivity index (χ4v) is 1.74. The predicted octanol–water partition coefficient (Wildman–Crippen LogP) is 1.76. The third kappa shape index (κ3) is 2.22. The summed E-state index contributed by atoms with van der Waals surface area (Å²) >= 11 is 3.31. The molecule has 1 aromatic rings. The molecule has 14 heavy (non-hydrogen) atoms. The Morgan fingerprint density at radius 1 is 1.71 bits per heavy atom. The topological polar surface area (TPSA) is 60.9 Å². The van der Waals surface area contributed by atoms with Crippen molar-refractivity contribution >= 4 is 21.7 Å². The van der Waals surface area contributed by atoms with Crippen molar-refractivity contribution in [2.45, 2.75) is 26.3 Å². The number of halogens is 1. The van der Waals surface area contributed by atoms with Crippen LogP contribution in [0.15, 0.2) is 10.7 Å². The number of carbonyl (C=O) groups is 1. The molecule has 1 rings (SSSR count). The van der Waals surface area contributed by atoms with Gasteiger partial charge in [0, 0.05) is 12.5 Å². The molecule has 0 saturated carbocycles. The van der Waals surface area contributed by atoms with Gasteiger partial charge in [-0.3, -0.25) is 9.48 Å². The summed E-state index contributed by atoms with van der Waals surface area (Å²) in [5.74, 6) is 0.0329. The van der Waals surface area contributed by atoms with Crippen LogP contribution in [-0.4, -0.2) is 22.1 Å². The highest BCUT2D eigenvalue weighted by Gasteiger charge is 2.17. The first kappa shape index (κ1) is 11.4. The molecule has 0 fully saturated rings. The van der Waals surface area contributed by atoms with Crippen molar-refractivity contribution in [1.29, 1.82) is 0 Å². The molecule has 0 saturated heterocycles. The minimum absolute atomic E-state index is 0.0329. The third-order valence-corrected chi connectivity index (χ3v) is 2.46. The Labute approximate surface area is 91.6 Å². The highest BCUT2D eigenvalue weighted by atomic mass is 79.9. The minimum atomic E-state index is 0.0329. The van der Waals surface area contributed by atoms with E-state index in [9.17, 15) is 4.79 Å². The lowest BCUT2D eigenvalue weighted by molar-refractivity contribution is 0.0972. The second-order valence-electron chi connectivity index (χ2n) is 3.34. The maximum Gasteiger partial charge on any atom is 0.183 e. The van der Waals surface area contributed by atoms with Gasteiger partial charge in [0.25, 0.3) is 0 Å². The number of aromatic nitrogens is 2. The van der Waals surface area contributed by atoms with E-state index in [1.165, 1.54) is 0 Å². The molecule has 78 valence electrons. The second-order valence-corrected chi connectivity index (χ2v) is 4.20. The van der Waals surface area contributed by atoms with Crippen LogP contribution >= 0.6 is 15.9 Å². The first-order chi connectivity index (χ1) is 6.57. The van der Waals surface area contributed by atoms with Crippen LogP contribution in [-0.2, 0) is 0 Å². The Hall–Kier alpha value is -0.680. The SMILES string of the molecule is CC(C)n1ncc(Br)c1C(=O)CCN. The number of hydrogen-bond donors (Lipinski definition) is 1. The molecule has 0 atom stereocenters. The van der Waals surface area contributed by atoms with Gasteiger partial charge in [0.15, 0.2) is 5.78 Å². The Balaban J connectivity index is 3.04. The van der Waals surface area contributed by atoms with Crippen molar-refractivity contribution in [3.05, 3.63) is 16.4 Å². The van der Waals surface area contributed by atoms with Crippen LogP contribution in [0.3, 0.4) is 0 Å². The van der Waals surface area contributed by atoms with Gasteiger partial charge in [-0.2, -0.15) is 5.10 Å². The lowest BCUT2D eigenvalue weighted by Crippen LogP contribution is -2.15. The van der Waals surface area contributed by atoms with Crippen molar-refractivity contribution in [3.63, 3.8) is 0 Å². The largest absolute Gasteiger partial charge is 0.330 e. The normalized spacial score (nSPS) is 10.9. The van der Waals surface area contributed by atoms with Gasteiger partial charge in [-0.1, -0.05) is 0 Å². The molecule has 2 N–H and O–H groups in total. The van der Waals surface area contributed by atoms with E-state index in [1.54, 1.807) is 10.9 Å². The van der Waals surface area contributed by atoms with Crippen LogP contribution in [0.2, 0.25) is 0 Å². The maximum absolute atomic E-state index is 11.7. The molecule has 0 aliphatic heterocycles. The van der Waals surface area contributed by atoms with Gasteiger partial charge in [0.05, 0.1) is 10.7 Å². The Kier molecular flexibility index (Phi) is 3.83. The smallest absolute Gasteiger partial charge is 0.183 e. The number of nitrogens with zero attached hydrogens (tertiary/aromatic N) is 2. The molecule has 0 spiro atoms. The van der Waals surface area contributed by atoms with Crippen molar-refractivity contribution < 1.29 is 4.79 Å². The standard InChI is InChI=1S/C9H14BrN3O/c1-6(2)13-9(7(10)5-12-13)8(14)3-4-11/h5-6H,3-4,11H2,1-2H3. The van der Waals surface area contributed by atoms with E-state index in [1.807, 2.05) is 13.8 Å². The molecule has 0 amide bonds. The molecule has 0 aromatic carbocycles. The summed E-state index contributed by atoms with van der Waals surface area (Å²) < 4.78 is 2.45. The van der Waals surface area contributed by atoms with Crippen LogP contribution in [0.25, 0.3) is 0 Å². The lowest BCUT2D eigenvalue weighted by Gasteiger charge is -2.09. The average molecular weight is 260 g/mol. The molecule has 1 heterocycles. The highest BCUT2D eigenvalue weighted by molar-refractivity contribution is 9.10. The summed E-state index contributed by atoms with van der Waals surface area (Å²) in [4.78, 5) is 11.7. The predicted molar refractivity (Wildman–Crippen MR) is 58.3 cm³/mol. The minimum Gasteiger partial charge on any atom is -0.330 e. The highest BCUT2D eigenvalue weighted by Crippen LogP contribution is 2.20. The van der Waals surface area contributed by atoms with Crippen LogP contribution in [0, 0.1) is 0 Å². The molecule has 0 aliphatic rings. The van der Waals surface area contributed by atoms with Gasteiger partial charge in [0.2, 0.25) is 0 Å². The number of Topliss-reactive ketones (excluding diaryl/α,β-unsaturated/α-hetero) is 1. The summed E-state index contributed by atoms with van der Waals surface area (Å²) in [5.41, 5.74) is 5.96. The first-order valence-corrected chi connectivity index (χ1v) is 5.33. The zero-order chi connectivity index (χ0) is 10.7. The molecule has 0 aliphatic carbocycles. The van der Waals surface area contributed by atoms with Gasteiger partial charge in [-0.15, -0.1) is 0 Å². The van der Waals surface area contributed by atoms with Crippen LogP contribution in [0.4, 0.5) is 0 Å². The fourth-order valence-electron chi connectivity index (χ4n) is 1.24. The fraction of sp³-hybridized carbons (Fsp3) is 0.556. The average Bonchev–Trinajstić information content (AvgIpc) is 2.47. The van der Waals surface area contributed by atoms with Gasteiger partial charge in [0.1, 0.15) is 5.69 Å². The summed E-state index contributed by atoms with van der Waals surface area (Å²) in [5, 5.41) is 4.13. The zero-order valence-electron chi connectivity index (χ0n) is 8.33. The summed E-state index contributed by atoms with van der Waals surface area (Å²) in [6.07, 6.45) is 2.00. The van der Waals surface area contributed by atoms with E-state index in [0.717, 1.165) is 4.47 Å². The second kappa shape index (κ2) is 4.70. The van der Waals surface area contributed by atoms with E-state index in [2.05, 4.69) is 21.0 Å². The summed E-state index contributed by atoms with van der Waals surface area (Å²) in [6.45, 7) is 4.34. The van der Waals surface area contributed by atoms with Crippen molar-refractivity contribution in [1.82, 2.24) is 9.78 Å². The molecule has 4 nitrogen and oxygen atoms in total. The monoisotopic (exact) mass is 259 g/mol. The van der Waals surface area contributed by atoms with Crippen LogP contribution < -0.4 is 5.73 Å². The van der Waals surface area contributed by atoms with Gasteiger partial charge < -0.3 is 5.73 Å². The summed E-state index contributed by atoms with van der Waals surface area (Å²) in [6, 6.07) is 0.179. The molecule has 5 heteroatoms. The molecule has 0 radical (unpaired) electrons. The Morgan fingerprint density at radius 3 is 2.86 bits per heavy atom. The van der Waals surface area contributed by atoms with Gasteiger partial charge in [-0.25, -0.2) is 0 Å². The Morgan fingerprint density at radius 2 is 2.36 bits per heavy atom. The quantitative estimate of drug-likeness (QED) is 0.839. The number of rotatable bonds is 4. The van der Waals surface area contributed by atoms with Crippen molar-refractivity contribution in [3.8, 4) is 0 Å². The van der Waals surface area contributed by atoms with E-state index in [0.29, 0.717) is 18.7 Å². The number of carbonyl (C=O) groups excluding carboxylic acids is 1. The Bertz CT molecular complexity index is 333. The van der Waals surface area contributed by atoms with Gasteiger partial charge in [-0.05, 0) is 36.3 Å². The number of hydrogen-bond acceptors (Lipinski definition) is 3.